The monoisotopic (exact) mass is 207 g/mol. The van der Waals surface area contributed by atoms with Crippen LogP contribution in [0.25, 0.3) is 0 Å². The molecule has 0 N–H and O–H groups in total. The first kappa shape index (κ1) is 5.28. The highest BCUT2D eigenvalue weighted by Gasteiger charge is 1.99. The fourth-order valence-corrected chi connectivity index (χ4v) is 0.889. The van der Waals surface area contributed by atoms with E-state index in [4.69, 9.17) is 0 Å². The third-order valence-electron chi connectivity index (χ3n) is 0.953. The van der Waals surface area contributed by atoms with E-state index in [0.717, 1.165) is 10.3 Å². The second-order valence-electron chi connectivity index (χ2n) is 1.52. The van der Waals surface area contributed by atoms with Gasteiger partial charge in [0.15, 0.2) is 0 Å². The van der Waals surface area contributed by atoms with Crippen LogP contribution in [0.4, 0.5) is 0 Å². The molecule has 0 aromatic carbocycles. The molecule has 2 heteroatoms. The smallest absolute Gasteiger partial charge is 0.0984 e. The normalized spacial score (nSPS) is 19.1. The van der Waals surface area contributed by atoms with Crippen LogP contribution < -0.4 is 0 Å². The third kappa shape index (κ3) is 1.02. The van der Waals surface area contributed by atoms with E-state index in [0.29, 0.717) is 0 Å². The van der Waals surface area contributed by atoms with E-state index in [1.807, 2.05) is 0 Å². The molecule has 1 heterocycles. The van der Waals surface area contributed by atoms with E-state index in [9.17, 15) is 0 Å². The zero-order valence-corrected chi connectivity index (χ0v) is 6.27. The number of hydrogen-bond donors (Lipinski definition) is 0. The summed E-state index contributed by atoms with van der Waals surface area (Å²) in [7, 11) is 0. The van der Waals surface area contributed by atoms with Crippen LogP contribution in [0.3, 0.4) is 0 Å². The standard InChI is InChI=1S/C5H6IN/c1-4-2-3-7-5(4)6/h2H,3H2,1H3. The van der Waals surface area contributed by atoms with E-state index in [-0.39, 0.29) is 0 Å². The number of hydrogen-bond acceptors (Lipinski definition) is 1. The minimum Gasteiger partial charge on any atom is -0.274 e. The Labute approximate surface area is 56.7 Å². The largest absolute Gasteiger partial charge is 0.274 e. The van der Waals surface area contributed by atoms with Crippen molar-refractivity contribution in [2.24, 2.45) is 4.99 Å². The van der Waals surface area contributed by atoms with E-state index in [1.54, 1.807) is 0 Å². The molecule has 0 amide bonds. The van der Waals surface area contributed by atoms with Crippen molar-refractivity contribution in [3.05, 3.63) is 11.6 Å². The fourth-order valence-electron chi connectivity index (χ4n) is 0.472. The van der Waals surface area contributed by atoms with E-state index in [2.05, 4.69) is 40.6 Å². The summed E-state index contributed by atoms with van der Waals surface area (Å²) in [6.07, 6.45) is 2.13. The molecule has 1 nitrogen and oxygen atoms in total. The maximum Gasteiger partial charge on any atom is 0.0984 e. The van der Waals surface area contributed by atoms with Crippen molar-refractivity contribution >= 4 is 26.3 Å². The van der Waals surface area contributed by atoms with Crippen LogP contribution in [0.1, 0.15) is 6.92 Å². The molecular formula is C5H6IN. The van der Waals surface area contributed by atoms with Gasteiger partial charge in [-0.1, -0.05) is 6.08 Å². The van der Waals surface area contributed by atoms with Crippen molar-refractivity contribution in [1.82, 2.24) is 0 Å². The summed E-state index contributed by atoms with van der Waals surface area (Å²) in [6, 6.07) is 0. The predicted molar refractivity (Wildman–Crippen MR) is 40.1 cm³/mol. The van der Waals surface area contributed by atoms with Crippen LogP contribution in [0.5, 0.6) is 0 Å². The van der Waals surface area contributed by atoms with Gasteiger partial charge in [0.2, 0.25) is 0 Å². The summed E-state index contributed by atoms with van der Waals surface area (Å²) in [6.45, 7) is 2.97. The van der Waals surface area contributed by atoms with Crippen LogP contribution in [-0.4, -0.2) is 10.3 Å². The highest BCUT2D eigenvalue weighted by molar-refractivity contribution is 14.1. The molecule has 1 aliphatic heterocycles. The van der Waals surface area contributed by atoms with Gasteiger partial charge in [0.25, 0.3) is 0 Å². The molecule has 0 spiro atoms. The summed E-state index contributed by atoms with van der Waals surface area (Å²) < 4.78 is 1.16. The zero-order valence-electron chi connectivity index (χ0n) is 4.11. The molecule has 0 radical (unpaired) electrons. The van der Waals surface area contributed by atoms with Crippen LogP contribution in [0.2, 0.25) is 0 Å². The Morgan fingerprint density at radius 3 is 2.71 bits per heavy atom. The Kier molecular flexibility index (Phi) is 1.46. The lowest BCUT2D eigenvalue weighted by Gasteiger charge is -1.82. The maximum atomic E-state index is 4.13. The van der Waals surface area contributed by atoms with Gasteiger partial charge in [-0.2, -0.15) is 0 Å². The second-order valence-corrected chi connectivity index (χ2v) is 2.54. The summed E-state index contributed by atoms with van der Waals surface area (Å²) in [5, 5.41) is 0. The predicted octanol–water partition coefficient (Wildman–Crippen LogP) is 1.78. The van der Waals surface area contributed by atoms with Crippen molar-refractivity contribution in [3.63, 3.8) is 0 Å². The summed E-state index contributed by atoms with van der Waals surface area (Å²) >= 11 is 2.24. The van der Waals surface area contributed by atoms with Gasteiger partial charge < -0.3 is 0 Å². The Morgan fingerprint density at radius 1 is 1.86 bits per heavy atom. The van der Waals surface area contributed by atoms with Crippen LogP contribution in [0.15, 0.2) is 16.6 Å². The molecular weight excluding hydrogens is 201 g/mol. The second kappa shape index (κ2) is 1.94. The first-order valence-electron chi connectivity index (χ1n) is 2.18. The van der Waals surface area contributed by atoms with Gasteiger partial charge >= 0.3 is 0 Å². The number of nitrogens with zero attached hydrogens (tertiary/aromatic N) is 1. The SMILES string of the molecule is CC1=CCN=C1I. The molecule has 0 aromatic rings. The molecule has 0 atom stereocenters. The van der Waals surface area contributed by atoms with Gasteiger partial charge in [-0.3, -0.25) is 4.99 Å². The summed E-state index contributed by atoms with van der Waals surface area (Å²) in [4.78, 5) is 4.13. The lowest BCUT2D eigenvalue weighted by atomic mass is 10.3. The highest BCUT2D eigenvalue weighted by atomic mass is 127. The minimum atomic E-state index is 0.893. The number of rotatable bonds is 0. The minimum absolute atomic E-state index is 0.893. The summed E-state index contributed by atoms with van der Waals surface area (Å²) in [5.74, 6) is 0. The molecule has 0 unspecified atom stereocenters. The Balaban J connectivity index is 2.78. The molecule has 0 aromatic heterocycles. The lowest BCUT2D eigenvalue weighted by molar-refractivity contribution is 1.29. The Hall–Kier alpha value is 0.140. The molecule has 0 saturated carbocycles. The molecule has 0 aliphatic carbocycles. The zero-order chi connectivity index (χ0) is 5.28. The van der Waals surface area contributed by atoms with Crippen molar-refractivity contribution < 1.29 is 0 Å². The average Bonchev–Trinajstić information content (AvgIpc) is 1.91. The highest BCUT2D eigenvalue weighted by Crippen LogP contribution is 2.09. The van der Waals surface area contributed by atoms with Gasteiger partial charge in [-0.15, -0.1) is 0 Å². The molecule has 38 valence electrons. The Bertz CT molecular complexity index is 119. The van der Waals surface area contributed by atoms with E-state index < -0.39 is 0 Å². The molecule has 1 rings (SSSR count). The van der Waals surface area contributed by atoms with Crippen molar-refractivity contribution in [3.8, 4) is 0 Å². The van der Waals surface area contributed by atoms with E-state index >= 15 is 0 Å². The molecule has 1 aliphatic rings. The fraction of sp³-hybridized carbons (Fsp3) is 0.400. The van der Waals surface area contributed by atoms with Crippen molar-refractivity contribution in [1.29, 1.82) is 0 Å². The van der Waals surface area contributed by atoms with Gasteiger partial charge in [0.1, 0.15) is 0 Å². The Morgan fingerprint density at radius 2 is 2.57 bits per heavy atom. The number of aliphatic imine (C=N–C) groups is 1. The van der Waals surface area contributed by atoms with Gasteiger partial charge in [-0.05, 0) is 35.1 Å². The summed E-state index contributed by atoms with van der Waals surface area (Å²) in [5.41, 5.74) is 1.32. The molecule has 0 fully saturated rings. The van der Waals surface area contributed by atoms with Crippen molar-refractivity contribution in [2.75, 3.05) is 6.54 Å². The topological polar surface area (TPSA) is 12.4 Å². The first-order valence-corrected chi connectivity index (χ1v) is 3.25. The van der Waals surface area contributed by atoms with Gasteiger partial charge in [0, 0.05) is 0 Å². The van der Waals surface area contributed by atoms with Crippen LogP contribution in [-0.2, 0) is 0 Å². The van der Waals surface area contributed by atoms with Crippen molar-refractivity contribution in [2.45, 2.75) is 6.92 Å². The molecule has 0 bridgehead atoms. The molecule has 0 saturated heterocycles. The van der Waals surface area contributed by atoms with Gasteiger partial charge in [-0.25, -0.2) is 0 Å². The van der Waals surface area contributed by atoms with E-state index in [1.165, 1.54) is 5.57 Å². The molecule has 7 heavy (non-hydrogen) atoms. The van der Waals surface area contributed by atoms with Gasteiger partial charge in [0.05, 0.1) is 10.3 Å². The average molecular weight is 207 g/mol. The van der Waals surface area contributed by atoms with Crippen LogP contribution >= 0.6 is 22.6 Å². The number of halogens is 1. The quantitative estimate of drug-likeness (QED) is 0.537. The lowest BCUT2D eigenvalue weighted by Crippen LogP contribution is -1.78. The maximum absolute atomic E-state index is 4.13. The van der Waals surface area contributed by atoms with Crippen LogP contribution in [0, 0.1) is 0 Å². The third-order valence-corrected chi connectivity index (χ3v) is 2.14. The number of allylic oxidation sites excluding steroid dienone is 1. The first-order chi connectivity index (χ1) is 3.30.